The van der Waals surface area contributed by atoms with E-state index in [0.717, 1.165) is 34.4 Å². The molecule has 158 valence electrons. The van der Waals surface area contributed by atoms with E-state index in [-0.39, 0.29) is 15.3 Å². The van der Waals surface area contributed by atoms with Gasteiger partial charge in [-0.3, -0.25) is 9.59 Å². The lowest BCUT2D eigenvalue weighted by molar-refractivity contribution is 0.102. The number of hydrogen-bond donors (Lipinski definition) is 1. The predicted octanol–water partition coefficient (Wildman–Crippen LogP) is 3.27. The highest BCUT2D eigenvalue weighted by molar-refractivity contribution is 7.89. The number of anilines is 1. The number of thiazole rings is 1. The Hall–Kier alpha value is -2.49. The van der Waals surface area contributed by atoms with Crippen LogP contribution in [0.25, 0.3) is 10.2 Å². The van der Waals surface area contributed by atoms with Crippen molar-refractivity contribution in [3.63, 3.8) is 0 Å². The fourth-order valence-electron chi connectivity index (χ4n) is 3.59. The maximum atomic E-state index is 13.0. The molecule has 1 fully saturated rings. The Labute approximate surface area is 179 Å². The maximum absolute atomic E-state index is 13.0. The van der Waals surface area contributed by atoms with Crippen LogP contribution in [-0.2, 0) is 17.1 Å². The van der Waals surface area contributed by atoms with Gasteiger partial charge in [-0.25, -0.2) is 8.42 Å². The van der Waals surface area contributed by atoms with Gasteiger partial charge in [0.2, 0.25) is 10.0 Å². The molecule has 0 atom stereocenters. The zero-order valence-electron chi connectivity index (χ0n) is 16.8. The van der Waals surface area contributed by atoms with Gasteiger partial charge in [0.1, 0.15) is 0 Å². The van der Waals surface area contributed by atoms with Gasteiger partial charge in [-0.15, -0.1) is 0 Å². The lowest BCUT2D eigenvalue weighted by atomic mass is 10.0. The van der Waals surface area contributed by atoms with Gasteiger partial charge < -0.3 is 9.88 Å². The molecule has 0 unspecified atom stereocenters. The average molecular weight is 446 g/mol. The summed E-state index contributed by atoms with van der Waals surface area (Å²) >= 11 is 1.11. The van der Waals surface area contributed by atoms with Crippen LogP contribution in [0.4, 0.5) is 5.69 Å². The number of fused-ring (bicyclic) bond motifs is 1. The second-order valence-electron chi connectivity index (χ2n) is 7.68. The summed E-state index contributed by atoms with van der Waals surface area (Å²) in [6.07, 6.45) is 1.68. The van der Waals surface area contributed by atoms with Crippen molar-refractivity contribution in [2.24, 2.45) is 13.0 Å². The van der Waals surface area contributed by atoms with Crippen LogP contribution in [0.2, 0.25) is 0 Å². The second-order valence-corrected chi connectivity index (χ2v) is 10.6. The summed E-state index contributed by atoms with van der Waals surface area (Å²) in [5, 5.41) is 2.79. The van der Waals surface area contributed by atoms with Crippen LogP contribution in [0.3, 0.4) is 0 Å². The third-order valence-electron chi connectivity index (χ3n) is 5.53. The van der Waals surface area contributed by atoms with E-state index in [1.165, 1.54) is 16.4 Å². The molecule has 0 radical (unpaired) electrons. The number of amides is 1. The van der Waals surface area contributed by atoms with Gasteiger partial charge in [0.25, 0.3) is 5.91 Å². The number of carbonyl (C=O) groups excluding carboxylic acids is 1. The van der Waals surface area contributed by atoms with Crippen molar-refractivity contribution in [1.82, 2.24) is 8.87 Å². The first kappa shape index (κ1) is 20.8. The molecule has 0 bridgehead atoms. The van der Waals surface area contributed by atoms with Crippen LogP contribution < -0.4 is 10.2 Å². The van der Waals surface area contributed by atoms with E-state index in [1.54, 1.807) is 41.9 Å². The van der Waals surface area contributed by atoms with Crippen LogP contribution in [-0.4, -0.2) is 36.3 Å². The Morgan fingerprint density at radius 3 is 2.60 bits per heavy atom. The fraction of sp³-hybridized carbons (Fsp3) is 0.333. The van der Waals surface area contributed by atoms with Crippen molar-refractivity contribution in [1.29, 1.82) is 0 Å². The molecule has 1 saturated heterocycles. The van der Waals surface area contributed by atoms with Gasteiger partial charge in [0.15, 0.2) is 0 Å². The van der Waals surface area contributed by atoms with Gasteiger partial charge in [-0.2, -0.15) is 4.31 Å². The minimum atomic E-state index is -3.63. The van der Waals surface area contributed by atoms with Crippen molar-refractivity contribution in [2.75, 3.05) is 18.4 Å². The summed E-state index contributed by atoms with van der Waals surface area (Å²) in [5.41, 5.74) is 1.61. The molecular formula is C21H23N3O4S2. The van der Waals surface area contributed by atoms with Crippen LogP contribution in [0.5, 0.6) is 0 Å². The number of hydrogen-bond acceptors (Lipinski definition) is 5. The van der Waals surface area contributed by atoms with Crippen molar-refractivity contribution in [2.45, 2.75) is 24.7 Å². The molecule has 1 N–H and O–H groups in total. The average Bonchev–Trinajstić information content (AvgIpc) is 3.01. The highest BCUT2D eigenvalue weighted by atomic mass is 32.2. The van der Waals surface area contributed by atoms with E-state index in [4.69, 9.17) is 0 Å². The maximum Gasteiger partial charge on any atom is 0.307 e. The number of nitrogens with one attached hydrogen (secondary N) is 1. The van der Waals surface area contributed by atoms with Crippen LogP contribution in [0, 0.1) is 5.92 Å². The van der Waals surface area contributed by atoms with Gasteiger partial charge in [0.05, 0.1) is 15.1 Å². The number of piperidine rings is 1. The molecule has 4 rings (SSSR count). The standard InChI is InChI=1S/C21H23N3O4S2/c1-14-8-10-24(11-9-14)30(27,28)17-5-3-4-15(12-17)20(25)22-16-6-7-18-19(13-16)29-21(26)23(18)2/h3-7,12-14H,8-11H2,1-2H3,(H,22,25). The van der Waals surface area contributed by atoms with Crippen LogP contribution in [0.15, 0.2) is 52.2 Å². The molecule has 1 aliphatic rings. The summed E-state index contributed by atoms with van der Waals surface area (Å²) in [6, 6.07) is 11.4. The van der Waals surface area contributed by atoms with Crippen LogP contribution >= 0.6 is 11.3 Å². The molecular weight excluding hydrogens is 422 g/mol. The summed E-state index contributed by atoms with van der Waals surface area (Å²) < 4.78 is 29.8. The summed E-state index contributed by atoms with van der Waals surface area (Å²) in [5.74, 6) is 0.121. The minimum absolute atomic E-state index is 0.0708. The van der Waals surface area contributed by atoms with Gasteiger partial charge >= 0.3 is 4.87 Å². The molecule has 9 heteroatoms. The quantitative estimate of drug-likeness (QED) is 0.668. The van der Waals surface area contributed by atoms with E-state index in [9.17, 15) is 18.0 Å². The molecule has 2 heterocycles. The smallest absolute Gasteiger partial charge is 0.307 e. The summed E-state index contributed by atoms with van der Waals surface area (Å²) in [7, 11) is -1.92. The highest BCUT2D eigenvalue weighted by Crippen LogP contribution is 2.25. The van der Waals surface area contributed by atoms with Gasteiger partial charge in [0, 0.05) is 31.4 Å². The Morgan fingerprint density at radius 2 is 1.87 bits per heavy atom. The molecule has 3 aromatic rings. The van der Waals surface area contributed by atoms with E-state index in [2.05, 4.69) is 12.2 Å². The van der Waals surface area contributed by atoms with Crippen LogP contribution in [0.1, 0.15) is 30.1 Å². The molecule has 30 heavy (non-hydrogen) atoms. The zero-order chi connectivity index (χ0) is 21.5. The molecule has 1 aliphatic heterocycles. The van der Waals surface area contributed by atoms with E-state index < -0.39 is 15.9 Å². The molecule has 1 amide bonds. The summed E-state index contributed by atoms with van der Waals surface area (Å²) in [6.45, 7) is 3.13. The van der Waals surface area contributed by atoms with Gasteiger partial charge in [-0.05, 0) is 55.2 Å². The van der Waals surface area contributed by atoms with E-state index >= 15 is 0 Å². The van der Waals surface area contributed by atoms with Crippen molar-refractivity contribution >= 4 is 43.2 Å². The first-order valence-electron chi connectivity index (χ1n) is 9.77. The molecule has 0 aliphatic carbocycles. The Balaban J connectivity index is 1.56. The zero-order valence-corrected chi connectivity index (χ0v) is 18.4. The number of benzene rings is 2. The first-order valence-corrected chi connectivity index (χ1v) is 12.0. The number of aromatic nitrogens is 1. The molecule has 0 saturated carbocycles. The number of rotatable bonds is 4. The monoisotopic (exact) mass is 445 g/mol. The van der Waals surface area contributed by atoms with Crippen molar-refractivity contribution < 1.29 is 13.2 Å². The second kappa shape index (κ2) is 7.98. The number of sulfonamides is 1. The molecule has 1 aromatic heterocycles. The lowest BCUT2D eigenvalue weighted by Gasteiger charge is -2.29. The largest absolute Gasteiger partial charge is 0.322 e. The number of nitrogens with zero attached hydrogens (tertiary/aromatic N) is 2. The third kappa shape index (κ3) is 3.92. The Morgan fingerprint density at radius 1 is 1.13 bits per heavy atom. The minimum Gasteiger partial charge on any atom is -0.322 e. The third-order valence-corrected chi connectivity index (χ3v) is 8.42. The normalized spacial score (nSPS) is 16.1. The number of aryl methyl sites for hydroxylation is 1. The lowest BCUT2D eigenvalue weighted by Crippen LogP contribution is -2.37. The summed E-state index contributed by atoms with van der Waals surface area (Å²) in [4.78, 5) is 24.6. The molecule has 7 nitrogen and oxygen atoms in total. The van der Waals surface area contributed by atoms with Gasteiger partial charge in [-0.1, -0.05) is 24.3 Å². The highest BCUT2D eigenvalue weighted by Gasteiger charge is 2.28. The Bertz CT molecular complexity index is 1270. The number of carbonyl (C=O) groups is 1. The predicted molar refractivity (Wildman–Crippen MR) is 119 cm³/mol. The van der Waals surface area contributed by atoms with Crippen molar-refractivity contribution in [3.8, 4) is 0 Å². The fourth-order valence-corrected chi connectivity index (χ4v) is 6.02. The molecule has 2 aromatic carbocycles. The topological polar surface area (TPSA) is 88.5 Å². The molecule has 0 spiro atoms. The van der Waals surface area contributed by atoms with E-state index in [0.29, 0.717) is 24.7 Å². The van der Waals surface area contributed by atoms with E-state index in [1.807, 2.05) is 0 Å². The Kier molecular flexibility index (Phi) is 5.52. The first-order chi connectivity index (χ1) is 14.3. The SMILES string of the molecule is CC1CCN(S(=O)(=O)c2cccc(C(=O)Nc3ccc4c(c3)sc(=O)n4C)c2)CC1. The van der Waals surface area contributed by atoms with Crippen molar-refractivity contribution in [3.05, 3.63) is 57.7 Å².